The van der Waals surface area contributed by atoms with Crippen LogP contribution in [0.5, 0.6) is 5.75 Å². The number of hydrogen-bond donors (Lipinski definition) is 1. The molecule has 0 unspecified atom stereocenters. The molecular formula is C13H12FNOS. The largest absolute Gasteiger partial charge is 0.508 e. The van der Waals surface area contributed by atoms with Crippen molar-refractivity contribution in [3.8, 4) is 11.8 Å². The lowest BCUT2D eigenvalue weighted by Gasteiger charge is -2.02. The van der Waals surface area contributed by atoms with Crippen LogP contribution in [-0.2, 0) is 0 Å². The number of aryl methyl sites for hydroxylation is 1. The number of phenols is 1. The van der Waals surface area contributed by atoms with Gasteiger partial charge in [0, 0.05) is 21.9 Å². The summed E-state index contributed by atoms with van der Waals surface area (Å²) in [7, 11) is 0. The van der Waals surface area contributed by atoms with Crippen LogP contribution < -0.4 is 0 Å². The Hall–Kier alpha value is -1.60. The first-order chi connectivity index (χ1) is 7.97. The van der Waals surface area contributed by atoms with Crippen LogP contribution in [0.15, 0.2) is 6.07 Å². The Kier molecular flexibility index (Phi) is 2.80. The van der Waals surface area contributed by atoms with Crippen molar-refractivity contribution in [3.63, 3.8) is 0 Å². The van der Waals surface area contributed by atoms with Gasteiger partial charge in [0.25, 0.3) is 0 Å². The molecule has 0 amide bonds. The van der Waals surface area contributed by atoms with E-state index in [0.717, 1.165) is 10.9 Å². The fraction of sp³-hybridized carbons (Fsp3) is 0.308. The molecule has 0 saturated heterocycles. The number of thiophene rings is 1. The van der Waals surface area contributed by atoms with E-state index in [-0.39, 0.29) is 11.7 Å². The third-order valence-electron chi connectivity index (χ3n) is 2.81. The summed E-state index contributed by atoms with van der Waals surface area (Å²) in [5.41, 5.74) is 1.06. The topological polar surface area (TPSA) is 44.0 Å². The van der Waals surface area contributed by atoms with Gasteiger partial charge in [0.05, 0.1) is 10.3 Å². The Morgan fingerprint density at radius 1 is 1.47 bits per heavy atom. The van der Waals surface area contributed by atoms with Crippen LogP contribution in [0.2, 0.25) is 0 Å². The Balaban J connectivity index is 2.99. The molecule has 0 bridgehead atoms. The van der Waals surface area contributed by atoms with Crippen molar-refractivity contribution < 1.29 is 9.50 Å². The number of halogens is 1. The Morgan fingerprint density at radius 3 is 2.65 bits per heavy atom. The Morgan fingerprint density at radius 2 is 2.12 bits per heavy atom. The molecule has 2 nitrogen and oxygen atoms in total. The molecule has 1 N–H and O–H groups in total. The van der Waals surface area contributed by atoms with Crippen molar-refractivity contribution >= 4 is 21.4 Å². The minimum Gasteiger partial charge on any atom is -0.508 e. The number of rotatable bonds is 1. The summed E-state index contributed by atoms with van der Waals surface area (Å²) in [6.07, 6.45) is 0. The first-order valence-corrected chi connectivity index (χ1v) is 6.13. The molecule has 0 aliphatic carbocycles. The van der Waals surface area contributed by atoms with E-state index in [1.807, 2.05) is 13.8 Å². The van der Waals surface area contributed by atoms with Gasteiger partial charge in [-0.2, -0.15) is 5.26 Å². The summed E-state index contributed by atoms with van der Waals surface area (Å²) in [6, 6.07) is 3.24. The summed E-state index contributed by atoms with van der Waals surface area (Å²) in [5, 5.41) is 19.4. The highest BCUT2D eigenvalue weighted by Crippen LogP contribution is 2.41. The highest BCUT2D eigenvalue weighted by atomic mass is 32.1. The lowest BCUT2D eigenvalue weighted by Crippen LogP contribution is -1.87. The summed E-state index contributed by atoms with van der Waals surface area (Å²) in [5.74, 6) is -0.390. The van der Waals surface area contributed by atoms with Gasteiger partial charge in [0.15, 0.2) is 0 Å². The predicted molar refractivity (Wildman–Crippen MR) is 67.0 cm³/mol. The first-order valence-electron chi connectivity index (χ1n) is 5.32. The molecule has 1 heterocycles. The molecule has 1 aromatic heterocycles. The molecular weight excluding hydrogens is 237 g/mol. The van der Waals surface area contributed by atoms with Crippen molar-refractivity contribution in [2.24, 2.45) is 0 Å². The maximum Gasteiger partial charge on any atom is 0.144 e. The van der Waals surface area contributed by atoms with Crippen LogP contribution in [0.1, 0.15) is 35.8 Å². The normalized spacial score (nSPS) is 11.1. The second-order valence-electron chi connectivity index (χ2n) is 4.31. The molecule has 2 rings (SSSR count). The van der Waals surface area contributed by atoms with Gasteiger partial charge in [0.2, 0.25) is 0 Å². The van der Waals surface area contributed by atoms with E-state index < -0.39 is 5.82 Å². The van der Waals surface area contributed by atoms with E-state index in [2.05, 4.69) is 6.07 Å². The quantitative estimate of drug-likeness (QED) is 0.828. The number of aromatic hydroxyl groups is 1. The molecule has 0 aliphatic heterocycles. The molecule has 0 aliphatic rings. The molecule has 4 heteroatoms. The van der Waals surface area contributed by atoms with Gasteiger partial charge in [-0.15, -0.1) is 11.3 Å². The Bertz CT molecular complexity index is 637. The van der Waals surface area contributed by atoms with E-state index in [4.69, 9.17) is 0 Å². The zero-order chi connectivity index (χ0) is 12.7. The highest BCUT2D eigenvalue weighted by Gasteiger charge is 2.20. The Labute approximate surface area is 103 Å². The number of benzene rings is 1. The summed E-state index contributed by atoms with van der Waals surface area (Å²) < 4.78 is 14.2. The molecule has 88 valence electrons. The average Bonchev–Trinajstić information content (AvgIpc) is 2.65. The number of nitrogens with zero attached hydrogens (tertiary/aromatic N) is 1. The number of fused-ring (bicyclic) bond motifs is 1. The maximum atomic E-state index is 13.8. The smallest absolute Gasteiger partial charge is 0.144 e. The molecule has 0 saturated carbocycles. The van der Waals surface area contributed by atoms with E-state index >= 15 is 0 Å². The summed E-state index contributed by atoms with van der Waals surface area (Å²) >= 11 is 1.30. The van der Waals surface area contributed by atoms with E-state index in [9.17, 15) is 14.8 Å². The van der Waals surface area contributed by atoms with Gasteiger partial charge in [-0.1, -0.05) is 13.8 Å². The molecule has 1 aromatic carbocycles. The fourth-order valence-corrected chi connectivity index (χ4v) is 3.13. The minimum absolute atomic E-state index is 0.0976. The zero-order valence-electron chi connectivity index (χ0n) is 9.84. The van der Waals surface area contributed by atoms with Gasteiger partial charge < -0.3 is 5.11 Å². The van der Waals surface area contributed by atoms with Crippen molar-refractivity contribution in [3.05, 3.63) is 27.9 Å². The molecule has 0 radical (unpaired) electrons. The lowest BCUT2D eigenvalue weighted by molar-refractivity contribution is 0.467. The van der Waals surface area contributed by atoms with Crippen LogP contribution in [0.25, 0.3) is 10.1 Å². The average molecular weight is 249 g/mol. The lowest BCUT2D eigenvalue weighted by atomic mass is 10.0. The van der Waals surface area contributed by atoms with Crippen LogP contribution in [0, 0.1) is 24.1 Å². The molecule has 0 fully saturated rings. The molecule has 0 spiro atoms. The van der Waals surface area contributed by atoms with E-state index in [1.165, 1.54) is 11.3 Å². The number of hydrogen-bond acceptors (Lipinski definition) is 3. The van der Waals surface area contributed by atoms with Crippen molar-refractivity contribution in [2.45, 2.75) is 26.7 Å². The third-order valence-corrected chi connectivity index (χ3v) is 4.31. The van der Waals surface area contributed by atoms with Crippen LogP contribution in [0.4, 0.5) is 4.39 Å². The molecule has 2 aromatic rings. The number of nitriles is 1. The van der Waals surface area contributed by atoms with Crippen molar-refractivity contribution in [1.29, 1.82) is 5.26 Å². The van der Waals surface area contributed by atoms with E-state index in [0.29, 0.717) is 21.2 Å². The molecule has 0 atom stereocenters. The van der Waals surface area contributed by atoms with Crippen LogP contribution in [-0.4, -0.2) is 5.11 Å². The van der Waals surface area contributed by atoms with Crippen molar-refractivity contribution in [1.82, 2.24) is 0 Å². The summed E-state index contributed by atoms with van der Waals surface area (Å²) in [4.78, 5) is 0.870. The van der Waals surface area contributed by atoms with Crippen molar-refractivity contribution in [2.75, 3.05) is 0 Å². The maximum absolute atomic E-state index is 13.8. The van der Waals surface area contributed by atoms with Crippen LogP contribution >= 0.6 is 11.3 Å². The monoisotopic (exact) mass is 249 g/mol. The van der Waals surface area contributed by atoms with Gasteiger partial charge in [0.1, 0.15) is 17.6 Å². The molecule has 17 heavy (non-hydrogen) atoms. The minimum atomic E-state index is -0.462. The van der Waals surface area contributed by atoms with E-state index in [1.54, 1.807) is 6.92 Å². The number of phenolic OH excluding ortho intramolecular Hbond substituents is 1. The second-order valence-corrected chi connectivity index (χ2v) is 5.37. The summed E-state index contributed by atoms with van der Waals surface area (Å²) in [6.45, 7) is 5.64. The predicted octanol–water partition coefficient (Wildman–Crippen LogP) is 4.05. The standard InChI is InChI=1S/C13H12FNOS/c1-6(2)12-8(5-15)11-7(3)10(16)4-9(14)13(11)17-12/h4,6,16H,1-3H3. The van der Waals surface area contributed by atoms with Gasteiger partial charge in [-0.3, -0.25) is 0 Å². The first kappa shape index (κ1) is 11.9. The van der Waals surface area contributed by atoms with Gasteiger partial charge in [-0.25, -0.2) is 4.39 Å². The van der Waals surface area contributed by atoms with Gasteiger partial charge in [-0.05, 0) is 12.8 Å². The SMILES string of the molecule is Cc1c(O)cc(F)c2sc(C(C)C)c(C#N)c12. The second kappa shape index (κ2) is 4.01. The zero-order valence-corrected chi connectivity index (χ0v) is 10.7. The van der Waals surface area contributed by atoms with Crippen LogP contribution in [0.3, 0.4) is 0 Å². The van der Waals surface area contributed by atoms with Gasteiger partial charge >= 0.3 is 0 Å². The third kappa shape index (κ3) is 1.67. The highest BCUT2D eigenvalue weighted by molar-refractivity contribution is 7.19. The fourth-order valence-electron chi connectivity index (χ4n) is 1.91.